The lowest BCUT2D eigenvalue weighted by molar-refractivity contribution is -0.137. The number of hydrogen-bond donors (Lipinski definition) is 1. The van der Waals surface area contributed by atoms with Crippen molar-refractivity contribution in [3.8, 4) is 5.75 Å². The van der Waals surface area contributed by atoms with Gasteiger partial charge in [0.15, 0.2) is 5.49 Å². The van der Waals surface area contributed by atoms with Crippen LogP contribution in [-0.4, -0.2) is 34.0 Å². The molecule has 1 amide bonds. The zero-order valence-corrected chi connectivity index (χ0v) is 22.1. The predicted molar refractivity (Wildman–Crippen MR) is 132 cm³/mol. The van der Waals surface area contributed by atoms with Gasteiger partial charge in [-0.2, -0.15) is 18.2 Å². The van der Waals surface area contributed by atoms with Crippen molar-refractivity contribution in [1.82, 2.24) is 14.7 Å². The van der Waals surface area contributed by atoms with Crippen LogP contribution in [0.15, 0.2) is 29.3 Å². The highest BCUT2D eigenvalue weighted by atomic mass is 19.4. The Morgan fingerprint density at radius 2 is 1.74 bits per heavy atom. The van der Waals surface area contributed by atoms with Crippen LogP contribution >= 0.6 is 0 Å². The van der Waals surface area contributed by atoms with Gasteiger partial charge in [-0.15, -0.1) is 0 Å². The molecule has 0 fully saturated rings. The van der Waals surface area contributed by atoms with Crippen molar-refractivity contribution in [2.24, 2.45) is 12.0 Å². The van der Waals surface area contributed by atoms with Crippen LogP contribution in [0, 0.1) is 0 Å². The van der Waals surface area contributed by atoms with Crippen molar-refractivity contribution in [3.63, 3.8) is 0 Å². The summed E-state index contributed by atoms with van der Waals surface area (Å²) in [6.45, 7) is 15.5. The van der Waals surface area contributed by atoms with Gasteiger partial charge < -0.3 is 10.1 Å². The van der Waals surface area contributed by atoms with Crippen LogP contribution in [0.25, 0.3) is 0 Å². The van der Waals surface area contributed by atoms with Gasteiger partial charge in [0.25, 0.3) is 5.91 Å². The highest BCUT2D eigenvalue weighted by molar-refractivity contribution is 5.97. The molecule has 0 saturated heterocycles. The summed E-state index contributed by atoms with van der Waals surface area (Å²) in [7, 11) is 1.90. The smallest absolute Gasteiger partial charge is 0.416 e. The normalized spacial score (nSPS) is 13.4. The lowest BCUT2D eigenvalue weighted by Crippen LogP contribution is -2.38. The Morgan fingerprint density at radius 3 is 2.29 bits per heavy atom. The molecule has 0 spiro atoms. The van der Waals surface area contributed by atoms with Gasteiger partial charge in [-0.25, -0.2) is 0 Å². The number of hydrogen-bond acceptors (Lipinski definition) is 3. The lowest BCUT2D eigenvalue weighted by atomic mass is 9.92. The molecule has 196 valence electrons. The van der Waals surface area contributed by atoms with E-state index in [2.05, 4.69) is 38.0 Å². The Balaban J connectivity index is 2.52. The van der Waals surface area contributed by atoms with E-state index in [4.69, 9.17) is 4.74 Å². The Labute approximate surface area is 206 Å². The first-order valence-electron chi connectivity index (χ1n) is 12.0. The summed E-state index contributed by atoms with van der Waals surface area (Å²) in [5.74, 6) is -0.694. The summed E-state index contributed by atoms with van der Waals surface area (Å²) >= 11 is 0. The molecule has 1 aromatic carbocycles. The minimum absolute atomic E-state index is 0.0783. The van der Waals surface area contributed by atoms with E-state index in [9.17, 15) is 18.0 Å². The maximum Gasteiger partial charge on any atom is 0.416 e. The number of unbranched alkanes of at least 4 members (excludes halogenated alkanes) is 1. The predicted octanol–water partition coefficient (Wildman–Crippen LogP) is 5.45. The van der Waals surface area contributed by atoms with E-state index in [1.54, 1.807) is 0 Å². The second kappa shape index (κ2) is 11.0. The molecule has 6 nitrogen and oxygen atoms in total. The molecule has 0 aliphatic rings. The molecular formula is C26H39F3N4O2. The molecule has 9 heteroatoms. The summed E-state index contributed by atoms with van der Waals surface area (Å²) in [6.07, 6.45) is -2.76. The number of ether oxygens (including phenoxy) is 1. The third kappa shape index (κ3) is 7.98. The van der Waals surface area contributed by atoms with Crippen molar-refractivity contribution in [2.75, 3.05) is 13.2 Å². The molecule has 35 heavy (non-hydrogen) atoms. The van der Waals surface area contributed by atoms with Crippen LogP contribution in [0.5, 0.6) is 5.75 Å². The molecule has 0 bridgehead atoms. The quantitative estimate of drug-likeness (QED) is 0.495. The molecule has 1 heterocycles. The van der Waals surface area contributed by atoms with Gasteiger partial charge in [0.1, 0.15) is 12.4 Å². The first-order valence-corrected chi connectivity index (χ1v) is 12.0. The minimum atomic E-state index is -4.59. The maximum atomic E-state index is 13.4. The van der Waals surface area contributed by atoms with Gasteiger partial charge in [0.05, 0.1) is 11.1 Å². The molecule has 2 aromatic rings. The fourth-order valence-corrected chi connectivity index (χ4v) is 3.69. The van der Waals surface area contributed by atoms with E-state index in [0.29, 0.717) is 18.6 Å². The number of nitrogens with zero attached hydrogens (tertiary/aromatic N) is 3. The second-order valence-electron chi connectivity index (χ2n) is 10.8. The number of rotatable bonds is 8. The Kier molecular flexibility index (Phi) is 9.03. The molecule has 0 atom stereocenters. The topological polar surface area (TPSA) is 60.6 Å². The largest absolute Gasteiger partial charge is 0.491 e. The molecule has 0 unspecified atom stereocenters. The Morgan fingerprint density at radius 1 is 1.09 bits per heavy atom. The number of halogens is 3. The average molecular weight is 497 g/mol. The van der Waals surface area contributed by atoms with Crippen molar-refractivity contribution >= 4 is 5.91 Å². The molecular weight excluding hydrogens is 457 g/mol. The fraction of sp³-hybridized carbons (Fsp3) is 0.615. The number of carbonyl (C=O) groups is 1. The minimum Gasteiger partial charge on any atom is -0.491 e. The highest BCUT2D eigenvalue weighted by Gasteiger charge is 2.32. The van der Waals surface area contributed by atoms with Crippen molar-refractivity contribution in [2.45, 2.75) is 85.0 Å². The molecule has 0 aliphatic carbocycles. The number of amides is 1. The van der Waals surface area contributed by atoms with Crippen LogP contribution in [0.2, 0.25) is 0 Å². The van der Waals surface area contributed by atoms with Gasteiger partial charge in [0, 0.05) is 42.9 Å². The summed E-state index contributed by atoms with van der Waals surface area (Å²) in [5.41, 5.74) is -0.0917. The van der Waals surface area contributed by atoms with Crippen molar-refractivity contribution in [3.05, 3.63) is 46.6 Å². The van der Waals surface area contributed by atoms with E-state index < -0.39 is 17.6 Å². The van der Waals surface area contributed by atoms with Crippen LogP contribution in [0.3, 0.4) is 0 Å². The number of alkyl halides is 3. The zero-order valence-electron chi connectivity index (χ0n) is 22.1. The molecule has 0 aliphatic heterocycles. The highest BCUT2D eigenvalue weighted by Crippen LogP contribution is 2.33. The number of benzene rings is 1. The molecule has 0 radical (unpaired) electrons. The van der Waals surface area contributed by atoms with Gasteiger partial charge >= 0.3 is 6.18 Å². The zero-order chi connectivity index (χ0) is 26.6. The number of aromatic nitrogens is 2. The summed E-state index contributed by atoms with van der Waals surface area (Å²) in [5, 5.41) is 3.25. The van der Waals surface area contributed by atoms with E-state index in [-0.39, 0.29) is 28.9 Å². The Bertz CT molecular complexity index is 1080. The number of nitrogens with one attached hydrogen (secondary N) is 1. The van der Waals surface area contributed by atoms with E-state index in [0.717, 1.165) is 30.7 Å². The van der Waals surface area contributed by atoms with Crippen molar-refractivity contribution < 1.29 is 22.7 Å². The van der Waals surface area contributed by atoms with Gasteiger partial charge in [-0.3, -0.25) is 14.2 Å². The van der Waals surface area contributed by atoms with Crippen LogP contribution in [0.4, 0.5) is 13.2 Å². The average Bonchev–Trinajstić information content (AvgIpc) is 3.03. The lowest BCUT2D eigenvalue weighted by Gasteiger charge is -2.21. The van der Waals surface area contributed by atoms with Crippen LogP contribution in [-0.2, 0) is 25.2 Å². The summed E-state index contributed by atoms with van der Waals surface area (Å²) in [6, 6.07) is 4.77. The fourth-order valence-electron chi connectivity index (χ4n) is 3.69. The van der Waals surface area contributed by atoms with E-state index in [1.165, 1.54) is 6.07 Å². The van der Waals surface area contributed by atoms with Gasteiger partial charge in [-0.1, -0.05) is 34.1 Å². The standard InChI is InChI=1S/C26H39F3N4O2/c1-9-10-14-33-22(17-21(32(33)8)24(2,3)4)31-23(34)19-16-18(26(27,28)29)11-12-20(19)35-15-13-30-25(5,6)7/h11-12,16-17,30H,9-10,13-15H2,1-8H3. The van der Waals surface area contributed by atoms with E-state index in [1.807, 2.05) is 43.2 Å². The first-order chi connectivity index (χ1) is 16.0. The number of carbonyl (C=O) groups excluding carboxylic acids is 1. The molecule has 1 aromatic heterocycles. The first kappa shape index (κ1) is 28.7. The van der Waals surface area contributed by atoms with Crippen molar-refractivity contribution in [1.29, 1.82) is 0 Å². The second-order valence-corrected chi connectivity index (χ2v) is 10.8. The molecule has 0 saturated carbocycles. The van der Waals surface area contributed by atoms with E-state index >= 15 is 0 Å². The van der Waals surface area contributed by atoms with Gasteiger partial charge in [0.2, 0.25) is 0 Å². The third-order valence-corrected chi connectivity index (χ3v) is 5.50. The summed E-state index contributed by atoms with van der Waals surface area (Å²) in [4.78, 5) is 17.5. The van der Waals surface area contributed by atoms with Crippen LogP contribution < -0.4 is 15.5 Å². The Hall–Kier alpha value is -2.55. The monoisotopic (exact) mass is 496 g/mol. The van der Waals surface area contributed by atoms with Crippen LogP contribution in [0.1, 0.15) is 82.9 Å². The molecule has 2 rings (SSSR count). The summed E-state index contributed by atoms with van der Waals surface area (Å²) < 4.78 is 49.8. The maximum absolute atomic E-state index is 13.4. The third-order valence-electron chi connectivity index (χ3n) is 5.50. The van der Waals surface area contributed by atoms with Gasteiger partial charge in [-0.05, 0) is 45.4 Å². The SMILES string of the molecule is CCCCn1c(=NC(=O)c2cc(C(F)(F)F)ccc2OCCNC(C)(C)C)cc(C(C)(C)C)n1C. The molecule has 1 N–H and O–H groups in total.